The lowest BCUT2D eigenvalue weighted by Crippen LogP contribution is -2.52. The second-order valence-electron chi connectivity index (χ2n) is 8.63. The minimum Gasteiger partial charge on any atom is -0.494 e. The molecule has 3 aliphatic heterocycles. The molecule has 0 aromatic heterocycles. The first-order valence-corrected chi connectivity index (χ1v) is 11.6. The summed E-state index contributed by atoms with van der Waals surface area (Å²) in [5, 5.41) is 0. The predicted molar refractivity (Wildman–Crippen MR) is 123 cm³/mol. The van der Waals surface area contributed by atoms with Crippen LogP contribution < -0.4 is 19.1 Å². The Morgan fingerprint density at radius 2 is 1.73 bits per heavy atom. The van der Waals surface area contributed by atoms with Gasteiger partial charge in [0.2, 0.25) is 12.7 Å². The maximum Gasteiger partial charge on any atom is 0.251 e. The molecule has 33 heavy (non-hydrogen) atoms. The zero-order chi connectivity index (χ0) is 22.8. The lowest BCUT2D eigenvalue weighted by atomic mass is 10.1. The lowest BCUT2D eigenvalue weighted by molar-refractivity contribution is -0.123. The van der Waals surface area contributed by atoms with E-state index >= 15 is 0 Å². The summed E-state index contributed by atoms with van der Waals surface area (Å²) in [6.45, 7) is 6.99. The topological polar surface area (TPSA) is 71.6 Å². The Hall–Kier alpha value is -3.10. The monoisotopic (exact) mass is 451 g/mol. The van der Waals surface area contributed by atoms with Gasteiger partial charge in [-0.25, -0.2) is 4.90 Å². The van der Waals surface area contributed by atoms with E-state index in [1.807, 2.05) is 31.2 Å². The minimum atomic E-state index is -0.388. The van der Waals surface area contributed by atoms with Gasteiger partial charge in [0.25, 0.3) is 5.91 Å². The first-order chi connectivity index (χ1) is 16.1. The maximum absolute atomic E-state index is 13.1. The van der Waals surface area contributed by atoms with E-state index in [0.717, 1.165) is 56.4 Å². The van der Waals surface area contributed by atoms with Crippen molar-refractivity contribution in [1.29, 1.82) is 0 Å². The van der Waals surface area contributed by atoms with E-state index < -0.39 is 0 Å². The molecule has 1 atom stereocenters. The molecule has 2 saturated heterocycles. The van der Waals surface area contributed by atoms with E-state index in [2.05, 4.69) is 15.9 Å². The molecule has 8 heteroatoms. The SMILES string of the molecule is CCCOc1ccc(N2C(=O)CC(N3CCN(Cc4ccc5c(c4)OCO5)CC3)C2=O)cc1. The standard InChI is InChI=1S/C25H29N3O5/c1-2-13-31-20-6-4-19(5-7-20)28-24(29)15-21(25(28)30)27-11-9-26(10-12-27)16-18-3-8-22-23(14-18)33-17-32-22/h3-8,14,21H,2,9-13,15-17H2,1H3. The third kappa shape index (κ3) is 4.54. The van der Waals surface area contributed by atoms with Crippen LogP contribution >= 0.6 is 0 Å². The average molecular weight is 452 g/mol. The zero-order valence-corrected chi connectivity index (χ0v) is 18.9. The van der Waals surface area contributed by atoms with E-state index in [4.69, 9.17) is 14.2 Å². The van der Waals surface area contributed by atoms with Crippen molar-refractivity contribution in [2.75, 3.05) is 44.5 Å². The molecular weight excluding hydrogens is 422 g/mol. The van der Waals surface area contributed by atoms with Crippen LogP contribution in [0.5, 0.6) is 17.2 Å². The van der Waals surface area contributed by atoms with Gasteiger partial charge in [-0.15, -0.1) is 0 Å². The number of hydrogen-bond donors (Lipinski definition) is 0. The van der Waals surface area contributed by atoms with E-state index in [9.17, 15) is 9.59 Å². The van der Waals surface area contributed by atoms with Gasteiger partial charge in [-0.2, -0.15) is 0 Å². The number of amides is 2. The Bertz CT molecular complexity index is 1020. The highest BCUT2D eigenvalue weighted by Gasteiger charge is 2.43. The van der Waals surface area contributed by atoms with E-state index in [1.54, 1.807) is 12.1 Å². The number of piperazine rings is 1. The van der Waals surface area contributed by atoms with Gasteiger partial charge in [0, 0.05) is 32.7 Å². The zero-order valence-electron chi connectivity index (χ0n) is 18.9. The molecule has 2 amide bonds. The van der Waals surface area contributed by atoms with Crippen LogP contribution in [0.15, 0.2) is 42.5 Å². The number of anilines is 1. The number of rotatable bonds is 7. The van der Waals surface area contributed by atoms with Crippen LogP contribution in [0.3, 0.4) is 0 Å². The minimum absolute atomic E-state index is 0.133. The van der Waals surface area contributed by atoms with Crippen LogP contribution in [-0.2, 0) is 16.1 Å². The molecule has 0 N–H and O–H groups in total. The number of carbonyl (C=O) groups excluding carboxylic acids is 2. The summed E-state index contributed by atoms with van der Waals surface area (Å²) in [5.41, 5.74) is 1.79. The van der Waals surface area contributed by atoms with Gasteiger partial charge in [-0.3, -0.25) is 19.4 Å². The first-order valence-electron chi connectivity index (χ1n) is 11.6. The highest BCUT2D eigenvalue weighted by Crippen LogP contribution is 2.33. The van der Waals surface area contributed by atoms with Gasteiger partial charge in [-0.1, -0.05) is 13.0 Å². The fourth-order valence-electron chi connectivity index (χ4n) is 4.61. The summed E-state index contributed by atoms with van der Waals surface area (Å²) in [7, 11) is 0. The van der Waals surface area contributed by atoms with E-state index in [1.165, 1.54) is 10.5 Å². The van der Waals surface area contributed by atoms with Gasteiger partial charge in [0.05, 0.1) is 24.8 Å². The van der Waals surface area contributed by atoms with Gasteiger partial charge < -0.3 is 14.2 Å². The first kappa shape index (κ1) is 21.7. The molecular formula is C25H29N3O5. The maximum atomic E-state index is 13.1. The molecule has 8 nitrogen and oxygen atoms in total. The third-order valence-corrected chi connectivity index (χ3v) is 6.38. The molecule has 1 unspecified atom stereocenters. The van der Waals surface area contributed by atoms with Crippen molar-refractivity contribution in [3.8, 4) is 17.2 Å². The molecule has 3 aliphatic rings. The number of fused-ring (bicyclic) bond motifs is 1. The third-order valence-electron chi connectivity index (χ3n) is 6.38. The average Bonchev–Trinajstić information content (AvgIpc) is 3.42. The Kier molecular flexibility index (Phi) is 6.20. The van der Waals surface area contributed by atoms with Crippen molar-refractivity contribution in [3.05, 3.63) is 48.0 Å². The second kappa shape index (κ2) is 9.41. The van der Waals surface area contributed by atoms with Gasteiger partial charge >= 0.3 is 0 Å². The predicted octanol–water partition coefficient (Wildman–Crippen LogP) is 2.65. The van der Waals surface area contributed by atoms with E-state index in [-0.39, 0.29) is 31.1 Å². The number of nitrogens with zero attached hydrogens (tertiary/aromatic N) is 3. The number of ether oxygens (including phenoxy) is 3. The van der Waals surface area contributed by atoms with Crippen LogP contribution in [0.25, 0.3) is 0 Å². The molecule has 2 aromatic rings. The lowest BCUT2D eigenvalue weighted by Gasteiger charge is -2.37. The van der Waals surface area contributed by atoms with Crippen LogP contribution in [-0.4, -0.2) is 67.2 Å². The van der Waals surface area contributed by atoms with Crippen molar-refractivity contribution in [2.24, 2.45) is 0 Å². The highest BCUT2D eigenvalue weighted by molar-refractivity contribution is 6.22. The molecule has 0 radical (unpaired) electrons. The summed E-state index contributed by atoms with van der Waals surface area (Å²) in [4.78, 5) is 31.7. The molecule has 3 heterocycles. The van der Waals surface area contributed by atoms with Crippen LogP contribution in [0.4, 0.5) is 5.69 Å². The Morgan fingerprint density at radius 3 is 2.48 bits per heavy atom. The van der Waals surface area contributed by atoms with Crippen molar-refractivity contribution in [2.45, 2.75) is 32.4 Å². The molecule has 0 saturated carbocycles. The molecule has 0 spiro atoms. The fourth-order valence-corrected chi connectivity index (χ4v) is 4.61. The second-order valence-corrected chi connectivity index (χ2v) is 8.63. The van der Waals surface area contributed by atoms with Crippen molar-refractivity contribution >= 4 is 17.5 Å². The van der Waals surface area contributed by atoms with Crippen molar-refractivity contribution in [1.82, 2.24) is 9.80 Å². The normalized spacial score (nSPS) is 21.1. The summed E-state index contributed by atoms with van der Waals surface area (Å²) in [5.74, 6) is 2.06. The number of benzene rings is 2. The smallest absolute Gasteiger partial charge is 0.251 e. The molecule has 5 rings (SSSR count). The van der Waals surface area contributed by atoms with Crippen LogP contribution in [0.1, 0.15) is 25.3 Å². The quantitative estimate of drug-likeness (QED) is 0.600. The molecule has 174 valence electrons. The molecule has 0 bridgehead atoms. The molecule has 2 aromatic carbocycles. The Morgan fingerprint density at radius 1 is 0.970 bits per heavy atom. The van der Waals surface area contributed by atoms with Gasteiger partial charge in [-0.05, 0) is 48.4 Å². The summed E-state index contributed by atoms with van der Waals surface area (Å²) in [6, 6.07) is 12.9. The number of carbonyl (C=O) groups is 2. The molecule has 2 fully saturated rings. The van der Waals surface area contributed by atoms with Crippen molar-refractivity contribution < 1.29 is 23.8 Å². The van der Waals surface area contributed by atoms with Crippen molar-refractivity contribution in [3.63, 3.8) is 0 Å². The van der Waals surface area contributed by atoms with E-state index in [0.29, 0.717) is 12.3 Å². The fraction of sp³-hybridized carbons (Fsp3) is 0.440. The highest BCUT2D eigenvalue weighted by atomic mass is 16.7. The number of hydrogen-bond acceptors (Lipinski definition) is 7. The van der Waals surface area contributed by atoms with Crippen LogP contribution in [0.2, 0.25) is 0 Å². The largest absolute Gasteiger partial charge is 0.494 e. The van der Waals surface area contributed by atoms with Crippen LogP contribution in [0, 0.1) is 0 Å². The van der Waals surface area contributed by atoms with Gasteiger partial charge in [0.1, 0.15) is 5.75 Å². The summed E-state index contributed by atoms with van der Waals surface area (Å²) < 4.78 is 16.5. The van der Waals surface area contributed by atoms with Gasteiger partial charge in [0.15, 0.2) is 11.5 Å². The summed E-state index contributed by atoms with van der Waals surface area (Å²) >= 11 is 0. The Labute approximate surface area is 193 Å². The molecule has 0 aliphatic carbocycles. The Balaban J connectivity index is 1.17. The number of imide groups is 1. The summed E-state index contributed by atoms with van der Waals surface area (Å²) in [6.07, 6.45) is 1.16.